The highest BCUT2D eigenvalue weighted by atomic mass is 35.5. The first-order chi connectivity index (χ1) is 8.58. The third-order valence-electron chi connectivity index (χ3n) is 4.51. The number of carbonyl (C=O) groups excluding carboxylic acids is 1. The molecule has 1 aromatic carbocycles. The highest BCUT2D eigenvalue weighted by Crippen LogP contribution is 2.43. The number of ketones is 1. The zero-order valence-electron chi connectivity index (χ0n) is 10.8. The average Bonchev–Trinajstić information content (AvgIpc) is 2.35. The van der Waals surface area contributed by atoms with E-state index in [9.17, 15) is 4.79 Å². The van der Waals surface area contributed by atoms with Crippen molar-refractivity contribution < 1.29 is 4.79 Å². The Balaban J connectivity index is 2.05. The van der Waals surface area contributed by atoms with Gasteiger partial charge in [0.2, 0.25) is 0 Å². The Bertz CT molecular complexity index is 499. The molecule has 0 bridgehead atoms. The van der Waals surface area contributed by atoms with Crippen molar-refractivity contribution in [1.29, 1.82) is 0 Å². The van der Waals surface area contributed by atoms with Crippen LogP contribution < -0.4 is 4.90 Å². The Morgan fingerprint density at radius 1 is 1.33 bits per heavy atom. The Kier molecular flexibility index (Phi) is 2.86. The zero-order valence-corrected chi connectivity index (χ0v) is 11.6. The molecule has 1 saturated heterocycles. The van der Waals surface area contributed by atoms with E-state index in [0.29, 0.717) is 24.2 Å². The number of fused-ring (bicyclic) bond motifs is 3. The van der Waals surface area contributed by atoms with Gasteiger partial charge < -0.3 is 4.90 Å². The highest BCUT2D eigenvalue weighted by Gasteiger charge is 2.39. The first-order valence-corrected chi connectivity index (χ1v) is 7.04. The van der Waals surface area contributed by atoms with E-state index in [4.69, 9.17) is 11.6 Å². The molecule has 1 aromatic rings. The molecule has 0 amide bonds. The molecule has 2 nitrogen and oxygen atoms in total. The summed E-state index contributed by atoms with van der Waals surface area (Å²) >= 11 is 6.10. The molecule has 0 aromatic heterocycles. The number of anilines is 1. The fourth-order valence-corrected chi connectivity index (χ4v) is 3.59. The molecular formula is C15H18ClNO. The van der Waals surface area contributed by atoms with Crippen LogP contribution in [0.3, 0.4) is 0 Å². The molecule has 1 fully saturated rings. The summed E-state index contributed by atoms with van der Waals surface area (Å²) in [7, 11) is 0. The molecule has 3 rings (SSSR count). The molecule has 0 spiro atoms. The van der Waals surface area contributed by atoms with Crippen LogP contribution in [0.15, 0.2) is 18.2 Å². The lowest BCUT2D eigenvalue weighted by Gasteiger charge is -2.46. The van der Waals surface area contributed by atoms with Crippen LogP contribution in [0.5, 0.6) is 0 Å². The highest BCUT2D eigenvalue weighted by molar-refractivity contribution is 6.30. The number of hydrogen-bond acceptors (Lipinski definition) is 2. The smallest absolute Gasteiger partial charge is 0.139 e. The van der Waals surface area contributed by atoms with Crippen molar-refractivity contribution >= 4 is 23.1 Å². The predicted octanol–water partition coefficient (Wildman–Crippen LogP) is 3.63. The van der Waals surface area contributed by atoms with E-state index in [1.807, 2.05) is 6.07 Å². The number of hydrogen-bond donors (Lipinski definition) is 0. The average molecular weight is 264 g/mol. The fraction of sp³-hybridized carbons (Fsp3) is 0.533. The van der Waals surface area contributed by atoms with E-state index in [1.54, 1.807) is 0 Å². The second-order valence-corrected chi connectivity index (χ2v) is 6.04. The van der Waals surface area contributed by atoms with Crippen LogP contribution in [0.4, 0.5) is 5.69 Å². The summed E-state index contributed by atoms with van der Waals surface area (Å²) in [4.78, 5) is 14.3. The van der Waals surface area contributed by atoms with Crippen molar-refractivity contribution in [2.24, 2.45) is 5.92 Å². The molecule has 2 aliphatic rings. The number of benzene rings is 1. The third kappa shape index (κ3) is 1.74. The van der Waals surface area contributed by atoms with Gasteiger partial charge >= 0.3 is 0 Å². The van der Waals surface area contributed by atoms with Gasteiger partial charge in [0.1, 0.15) is 5.78 Å². The van der Waals surface area contributed by atoms with E-state index in [1.165, 1.54) is 11.3 Å². The number of carbonyl (C=O) groups is 1. The molecular weight excluding hydrogens is 246 g/mol. The summed E-state index contributed by atoms with van der Waals surface area (Å²) in [5.41, 5.74) is 2.61. The summed E-state index contributed by atoms with van der Waals surface area (Å²) in [5, 5.41) is 0.806. The molecule has 0 aliphatic carbocycles. The summed E-state index contributed by atoms with van der Waals surface area (Å²) < 4.78 is 0. The lowest BCUT2D eigenvalue weighted by Crippen LogP contribution is -2.51. The lowest BCUT2D eigenvalue weighted by atomic mass is 9.78. The fourth-order valence-electron chi connectivity index (χ4n) is 3.41. The van der Waals surface area contributed by atoms with E-state index in [0.717, 1.165) is 18.0 Å². The molecule has 2 heterocycles. The molecule has 0 unspecified atom stereocenters. The number of rotatable bonds is 0. The van der Waals surface area contributed by atoms with Crippen molar-refractivity contribution in [1.82, 2.24) is 0 Å². The summed E-state index contributed by atoms with van der Waals surface area (Å²) in [5.74, 6) is 1.05. The van der Waals surface area contributed by atoms with Gasteiger partial charge in [0.15, 0.2) is 0 Å². The molecule has 18 heavy (non-hydrogen) atoms. The van der Waals surface area contributed by atoms with E-state index >= 15 is 0 Å². The molecule has 3 atom stereocenters. The maximum absolute atomic E-state index is 11.9. The SMILES string of the molecule is C[C@@H]1C[C@H]2[C@H](C)C(=O)CCN2c2ccc(Cl)cc21. The van der Waals surface area contributed by atoms with Crippen LogP contribution in [0.2, 0.25) is 5.02 Å². The van der Waals surface area contributed by atoms with Crippen molar-refractivity contribution in [3.05, 3.63) is 28.8 Å². The van der Waals surface area contributed by atoms with Crippen LogP contribution in [-0.2, 0) is 4.79 Å². The number of piperidine rings is 1. The van der Waals surface area contributed by atoms with Crippen LogP contribution in [-0.4, -0.2) is 18.4 Å². The van der Waals surface area contributed by atoms with Gasteiger partial charge in [0.05, 0.1) is 0 Å². The molecule has 0 N–H and O–H groups in total. The molecule has 2 aliphatic heterocycles. The van der Waals surface area contributed by atoms with Gasteiger partial charge in [-0.1, -0.05) is 25.4 Å². The third-order valence-corrected chi connectivity index (χ3v) is 4.74. The Hall–Kier alpha value is -1.02. The number of nitrogens with zero attached hydrogens (tertiary/aromatic N) is 1. The topological polar surface area (TPSA) is 20.3 Å². The first-order valence-electron chi connectivity index (χ1n) is 6.66. The molecule has 0 radical (unpaired) electrons. The van der Waals surface area contributed by atoms with Gasteiger partial charge in [-0.2, -0.15) is 0 Å². The first kappa shape index (κ1) is 12.0. The second-order valence-electron chi connectivity index (χ2n) is 5.61. The number of Topliss-reactive ketones (excluding diaryl/α,β-unsaturated/α-hetero) is 1. The Morgan fingerprint density at radius 2 is 2.11 bits per heavy atom. The van der Waals surface area contributed by atoms with Crippen LogP contribution in [0, 0.1) is 5.92 Å². The maximum atomic E-state index is 11.9. The van der Waals surface area contributed by atoms with Gasteiger partial charge in [-0.25, -0.2) is 0 Å². The second kappa shape index (κ2) is 4.27. The standard InChI is InChI=1S/C15H18ClNO/c1-9-7-14-10(2)15(18)5-6-17(14)13-4-3-11(16)8-12(9)13/h3-4,8-10,14H,5-7H2,1-2H3/t9-,10+,14+/m1/s1. The quantitative estimate of drug-likeness (QED) is 0.712. The zero-order chi connectivity index (χ0) is 12.9. The molecule has 96 valence electrons. The molecule has 0 saturated carbocycles. The maximum Gasteiger partial charge on any atom is 0.139 e. The summed E-state index contributed by atoms with van der Waals surface area (Å²) in [6.45, 7) is 5.17. The normalized spacial score (nSPS) is 30.9. The molecule has 3 heteroatoms. The van der Waals surface area contributed by atoms with Gasteiger partial charge in [-0.05, 0) is 36.1 Å². The van der Waals surface area contributed by atoms with Crippen molar-refractivity contribution in [3.8, 4) is 0 Å². The Morgan fingerprint density at radius 3 is 2.89 bits per heavy atom. The van der Waals surface area contributed by atoms with Crippen LogP contribution >= 0.6 is 11.6 Å². The predicted molar refractivity (Wildman–Crippen MR) is 74.4 cm³/mol. The minimum absolute atomic E-state index is 0.157. The van der Waals surface area contributed by atoms with Gasteiger partial charge in [0, 0.05) is 35.6 Å². The van der Waals surface area contributed by atoms with Gasteiger partial charge in [-0.3, -0.25) is 4.79 Å². The van der Waals surface area contributed by atoms with Gasteiger partial charge in [-0.15, -0.1) is 0 Å². The largest absolute Gasteiger partial charge is 0.367 e. The van der Waals surface area contributed by atoms with Crippen molar-refractivity contribution in [2.45, 2.75) is 38.6 Å². The van der Waals surface area contributed by atoms with E-state index < -0.39 is 0 Å². The van der Waals surface area contributed by atoms with Crippen molar-refractivity contribution in [2.75, 3.05) is 11.4 Å². The number of halogens is 1. The lowest BCUT2D eigenvalue weighted by molar-refractivity contribution is -0.124. The monoisotopic (exact) mass is 263 g/mol. The Labute approximate surface area is 113 Å². The van der Waals surface area contributed by atoms with Crippen LogP contribution in [0.25, 0.3) is 0 Å². The summed E-state index contributed by atoms with van der Waals surface area (Å²) in [6.07, 6.45) is 1.73. The van der Waals surface area contributed by atoms with Crippen molar-refractivity contribution in [3.63, 3.8) is 0 Å². The minimum atomic E-state index is 0.157. The van der Waals surface area contributed by atoms with Crippen LogP contribution in [0.1, 0.15) is 38.2 Å². The summed E-state index contributed by atoms with van der Waals surface area (Å²) in [6, 6.07) is 6.52. The van der Waals surface area contributed by atoms with Gasteiger partial charge in [0.25, 0.3) is 0 Å². The minimum Gasteiger partial charge on any atom is -0.367 e. The van der Waals surface area contributed by atoms with E-state index in [2.05, 4.69) is 30.9 Å². The van der Waals surface area contributed by atoms with E-state index in [-0.39, 0.29) is 5.92 Å².